The molecule has 170 valence electrons. The normalized spacial score (nSPS) is 15.2. The van der Waals surface area contributed by atoms with E-state index >= 15 is 0 Å². The summed E-state index contributed by atoms with van der Waals surface area (Å²) in [5.41, 5.74) is 2.24. The number of nitrogens with one attached hydrogen (secondary N) is 1. The molecule has 1 aliphatic rings. The summed E-state index contributed by atoms with van der Waals surface area (Å²) in [5.74, 6) is -0.0516. The molecular formula is C22H26ClN5O3S. The van der Waals surface area contributed by atoms with Crippen molar-refractivity contribution in [2.75, 3.05) is 13.1 Å². The lowest BCUT2D eigenvalue weighted by Crippen LogP contribution is -2.35. The Morgan fingerprint density at radius 1 is 1.09 bits per heavy atom. The van der Waals surface area contributed by atoms with Crippen molar-refractivity contribution in [3.8, 4) is 0 Å². The molecule has 2 heterocycles. The van der Waals surface area contributed by atoms with Gasteiger partial charge in [0.15, 0.2) is 0 Å². The van der Waals surface area contributed by atoms with E-state index in [2.05, 4.69) is 15.6 Å². The zero-order valence-corrected chi connectivity index (χ0v) is 19.3. The van der Waals surface area contributed by atoms with Gasteiger partial charge in [-0.1, -0.05) is 35.4 Å². The van der Waals surface area contributed by atoms with Gasteiger partial charge in [0.05, 0.1) is 10.4 Å². The summed E-state index contributed by atoms with van der Waals surface area (Å²) in [6, 6.07) is 12.3. The molecule has 1 fully saturated rings. The number of nitrogens with zero attached hydrogens (tertiary/aromatic N) is 4. The highest BCUT2D eigenvalue weighted by atomic mass is 35.5. The van der Waals surface area contributed by atoms with E-state index in [0.29, 0.717) is 49.6 Å². The summed E-state index contributed by atoms with van der Waals surface area (Å²) in [7, 11) is -3.51. The molecule has 1 saturated heterocycles. The first-order valence-electron chi connectivity index (χ1n) is 10.8. The molecule has 0 radical (unpaired) electrons. The fourth-order valence-electron chi connectivity index (χ4n) is 3.86. The molecule has 32 heavy (non-hydrogen) atoms. The molecular weight excluding hydrogens is 450 g/mol. The molecule has 0 saturated carbocycles. The van der Waals surface area contributed by atoms with E-state index in [1.165, 1.54) is 0 Å². The van der Waals surface area contributed by atoms with Crippen molar-refractivity contribution in [2.24, 2.45) is 0 Å². The van der Waals surface area contributed by atoms with Gasteiger partial charge < -0.3 is 5.32 Å². The second kappa shape index (κ2) is 9.97. The minimum absolute atomic E-state index is 0.0516. The number of hydrogen-bond acceptors (Lipinski definition) is 5. The predicted octanol–water partition coefficient (Wildman–Crippen LogP) is 3.36. The summed E-state index contributed by atoms with van der Waals surface area (Å²) < 4.78 is 29.0. The van der Waals surface area contributed by atoms with Crippen LogP contribution >= 0.6 is 11.6 Å². The van der Waals surface area contributed by atoms with Crippen LogP contribution in [0.2, 0.25) is 5.02 Å². The zero-order chi connectivity index (χ0) is 22.6. The molecule has 4 rings (SSSR count). The van der Waals surface area contributed by atoms with E-state index in [0.717, 1.165) is 30.3 Å². The van der Waals surface area contributed by atoms with Gasteiger partial charge in [0.1, 0.15) is 5.52 Å². The average molecular weight is 476 g/mol. The van der Waals surface area contributed by atoms with Gasteiger partial charge in [-0.05, 0) is 55.2 Å². The topological polar surface area (TPSA) is 97.2 Å². The van der Waals surface area contributed by atoms with E-state index in [9.17, 15) is 13.2 Å². The highest BCUT2D eigenvalue weighted by Crippen LogP contribution is 2.23. The minimum Gasteiger partial charge on any atom is -0.352 e. The molecule has 0 bridgehead atoms. The fourth-order valence-corrected chi connectivity index (χ4v) is 5.61. The first-order valence-corrected chi connectivity index (χ1v) is 12.6. The van der Waals surface area contributed by atoms with Crippen LogP contribution < -0.4 is 5.32 Å². The Morgan fingerprint density at radius 2 is 1.91 bits per heavy atom. The monoisotopic (exact) mass is 475 g/mol. The molecule has 1 N–H and O–H groups in total. The van der Waals surface area contributed by atoms with Crippen molar-refractivity contribution < 1.29 is 13.2 Å². The summed E-state index contributed by atoms with van der Waals surface area (Å²) in [4.78, 5) is 12.4. The van der Waals surface area contributed by atoms with Crippen LogP contribution in [-0.2, 0) is 27.9 Å². The lowest BCUT2D eigenvalue weighted by Gasteiger charge is -2.25. The van der Waals surface area contributed by atoms with Crippen LogP contribution in [0.25, 0.3) is 11.0 Å². The highest BCUT2D eigenvalue weighted by Gasteiger charge is 2.26. The van der Waals surface area contributed by atoms with Gasteiger partial charge in [-0.15, -0.1) is 5.10 Å². The standard InChI is InChI=1S/C22H26ClN5O3S/c23-18-7-4-6-17(14-18)16-24-22(29)8-5-13-28-21-10-9-19(15-20(21)25-26-28)32(30,31)27-11-2-1-3-12-27/h4,6-7,9-10,14-15H,1-3,5,8,11-13,16H2,(H,24,29). The Hall–Kier alpha value is -2.49. The van der Waals surface area contributed by atoms with Crippen LogP contribution in [0.4, 0.5) is 0 Å². The first kappa shape index (κ1) is 22.7. The van der Waals surface area contributed by atoms with Crippen molar-refractivity contribution >= 4 is 38.6 Å². The molecule has 0 atom stereocenters. The molecule has 2 aromatic carbocycles. The fraction of sp³-hybridized carbons (Fsp3) is 0.409. The second-order valence-corrected chi connectivity index (χ2v) is 10.3. The molecule has 8 nitrogen and oxygen atoms in total. The van der Waals surface area contributed by atoms with Gasteiger partial charge in [0.2, 0.25) is 15.9 Å². The third-order valence-electron chi connectivity index (χ3n) is 5.59. The van der Waals surface area contributed by atoms with Gasteiger partial charge in [-0.3, -0.25) is 4.79 Å². The summed E-state index contributed by atoms with van der Waals surface area (Å²) >= 11 is 5.96. The molecule has 1 aliphatic heterocycles. The maximum absolute atomic E-state index is 12.9. The first-order chi connectivity index (χ1) is 15.4. The third-order valence-corrected chi connectivity index (χ3v) is 7.72. The number of rotatable bonds is 8. The molecule has 0 spiro atoms. The van der Waals surface area contributed by atoms with E-state index in [1.54, 1.807) is 33.3 Å². The number of aryl methyl sites for hydroxylation is 1. The molecule has 0 unspecified atom stereocenters. The van der Waals surface area contributed by atoms with Crippen molar-refractivity contribution in [3.63, 3.8) is 0 Å². The Labute approximate surface area is 192 Å². The van der Waals surface area contributed by atoms with E-state index < -0.39 is 10.0 Å². The summed E-state index contributed by atoms with van der Waals surface area (Å²) in [5, 5.41) is 11.8. The maximum Gasteiger partial charge on any atom is 0.243 e. The number of halogens is 1. The number of hydrogen-bond donors (Lipinski definition) is 1. The second-order valence-electron chi connectivity index (χ2n) is 7.94. The highest BCUT2D eigenvalue weighted by molar-refractivity contribution is 7.89. The van der Waals surface area contributed by atoms with E-state index in [1.807, 2.05) is 18.2 Å². The third kappa shape index (κ3) is 5.28. The number of fused-ring (bicyclic) bond motifs is 1. The molecule has 1 amide bonds. The van der Waals surface area contributed by atoms with Crippen molar-refractivity contribution in [3.05, 3.63) is 53.1 Å². The quantitative estimate of drug-likeness (QED) is 0.538. The number of aromatic nitrogens is 3. The lowest BCUT2D eigenvalue weighted by molar-refractivity contribution is -0.121. The van der Waals surface area contributed by atoms with Crippen LogP contribution in [0.1, 0.15) is 37.7 Å². The maximum atomic E-state index is 12.9. The Morgan fingerprint density at radius 3 is 2.69 bits per heavy atom. The van der Waals surface area contributed by atoms with Gasteiger partial charge in [0, 0.05) is 37.6 Å². The Bertz CT molecular complexity index is 1210. The molecule has 3 aromatic rings. The number of sulfonamides is 1. The van der Waals surface area contributed by atoms with Crippen molar-refractivity contribution in [1.29, 1.82) is 0 Å². The largest absolute Gasteiger partial charge is 0.352 e. The Kier molecular flexibility index (Phi) is 7.07. The number of benzene rings is 2. The van der Waals surface area contributed by atoms with Crippen LogP contribution in [0.15, 0.2) is 47.4 Å². The van der Waals surface area contributed by atoms with Gasteiger partial charge in [0.25, 0.3) is 0 Å². The zero-order valence-electron chi connectivity index (χ0n) is 17.7. The van der Waals surface area contributed by atoms with Crippen LogP contribution in [-0.4, -0.2) is 46.7 Å². The minimum atomic E-state index is -3.51. The average Bonchev–Trinajstić information content (AvgIpc) is 3.21. The van der Waals surface area contributed by atoms with Crippen molar-refractivity contribution in [2.45, 2.75) is 50.1 Å². The molecule has 0 aliphatic carbocycles. The van der Waals surface area contributed by atoms with Crippen LogP contribution in [0, 0.1) is 0 Å². The summed E-state index contributed by atoms with van der Waals surface area (Å²) in [6.07, 6.45) is 3.80. The van der Waals surface area contributed by atoms with Crippen molar-refractivity contribution in [1.82, 2.24) is 24.6 Å². The number of piperidine rings is 1. The van der Waals surface area contributed by atoms with Gasteiger partial charge >= 0.3 is 0 Å². The van der Waals surface area contributed by atoms with Crippen LogP contribution in [0.5, 0.6) is 0 Å². The van der Waals surface area contributed by atoms with E-state index in [-0.39, 0.29) is 10.8 Å². The number of carbonyl (C=O) groups is 1. The summed E-state index contributed by atoms with van der Waals surface area (Å²) in [6.45, 7) is 2.07. The smallest absolute Gasteiger partial charge is 0.243 e. The molecule has 1 aromatic heterocycles. The SMILES string of the molecule is O=C(CCCn1nnc2cc(S(=O)(=O)N3CCCCC3)ccc21)NCc1cccc(Cl)c1. The number of amides is 1. The Balaban J connectivity index is 1.33. The van der Waals surface area contributed by atoms with Crippen LogP contribution in [0.3, 0.4) is 0 Å². The lowest BCUT2D eigenvalue weighted by atomic mass is 10.2. The molecule has 10 heteroatoms. The van der Waals surface area contributed by atoms with Gasteiger partial charge in [-0.2, -0.15) is 4.31 Å². The number of carbonyl (C=O) groups excluding carboxylic acids is 1. The van der Waals surface area contributed by atoms with E-state index in [4.69, 9.17) is 11.6 Å². The predicted molar refractivity (Wildman–Crippen MR) is 123 cm³/mol. The van der Waals surface area contributed by atoms with Gasteiger partial charge in [-0.25, -0.2) is 13.1 Å².